The van der Waals surface area contributed by atoms with Crippen molar-refractivity contribution in [2.24, 2.45) is 5.73 Å². The fraction of sp³-hybridized carbons (Fsp3) is 1.00. The average Bonchev–Trinajstić information content (AvgIpc) is 2.17. The quantitative estimate of drug-likeness (QED) is 0.713. The molecule has 0 unspecified atom stereocenters. The lowest BCUT2D eigenvalue weighted by molar-refractivity contribution is -0.100. The zero-order valence-electron chi connectivity index (χ0n) is 10.0. The van der Waals surface area contributed by atoms with Crippen molar-refractivity contribution < 1.29 is 4.74 Å². The van der Waals surface area contributed by atoms with Crippen LogP contribution in [-0.4, -0.2) is 42.3 Å². The first-order valence-corrected chi connectivity index (χ1v) is 6.20. The zero-order valence-corrected chi connectivity index (χ0v) is 10.0. The molecule has 88 valence electrons. The molecule has 2 fully saturated rings. The third-order valence-electron chi connectivity index (χ3n) is 3.71. The molecule has 15 heavy (non-hydrogen) atoms. The summed E-state index contributed by atoms with van der Waals surface area (Å²) >= 11 is 0. The van der Waals surface area contributed by atoms with Crippen molar-refractivity contribution in [3.63, 3.8) is 0 Å². The second kappa shape index (κ2) is 4.40. The van der Waals surface area contributed by atoms with Gasteiger partial charge in [-0.3, -0.25) is 4.90 Å². The summed E-state index contributed by atoms with van der Waals surface area (Å²) in [4.78, 5) is 2.61. The lowest BCUT2D eigenvalue weighted by Gasteiger charge is -2.44. The van der Waals surface area contributed by atoms with E-state index in [1.165, 1.54) is 25.7 Å². The van der Waals surface area contributed by atoms with E-state index < -0.39 is 0 Å². The van der Waals surface area contributed by atoms with Crippen molar-refractivity contribution in [2.75, 3.05) is 19.7 Å². The highest BCUT2D eigenvalue weighted by Crippen LogP contribution is 2.26. The highest BCUT2D eigenvalue weighted by Gasteiger charge is 2.32. The van der Waals surface area contributed by atoms with E-state index in [9.17, 15) is 0 Å². The molecule has 0 atom stereocenters. The topological polar surface area (TPSA) is 38.5 Å². The van der Waals surface area contributed by atoms with Gasteiger partial charge in [0, 0.05) is 25.2 Å². The summed E-state index contributed by atoms with van der Waals surface area (Å²) in [6.45, 7) is 7.44. The Morgan fingerprint density at radius 3 is 2.47 bits per heavy atom. The first-order chi connectivity index (χ1) is 7.07. The van der Waals surface area contributed by atoms with Gasteiger partial charge in [-0.2, -0.15) is 0 Å². The van der Waals surface area contributed by atoms with Gasteiger partial charge in [0.1, 0.15) is 0 Å². The van der Waals surface area contributed by atoms with Gasteiger partial charge in [0.15, 0.2) is 0 Å². The average molecular weight is 212 g/mol. The van der Waals surface area contributed by atoms with Gasteiger partial charge in [-0.15, -0.1) is 0 Å². The zero-order chi connectivity index (χ0) is 10.9. The van der Waals surface area contributed by atoms with Gasteiger partial charge in [-0.05, 0) is 39.5 Å². The molecule has 0 bridgehead atoms. The molecular weight excluding hydrogens is 188 g/mol. The first-order valence-electron chi connectivity index (χ1n) is 6.20. The molecule has 1 aliphatic carbocycles. The maximum Gasteiger partial charge on any atom is 0.0753 e. The van der Waals surface area contributed by atoms with Crippen LogP contribution < -0.4 is 5.73 Å². The SMILES string of the molecule is CC1(C)CN(C2CCC(N)CC2)CCO1. The summed E-state index contributed by atoms with van der Waals surface area (Å²) in [5, 5.41) is 0. The Hall–Kier alpha value is -0.120. The minimum atomic E-state index is 0.0395. The molecule has 3 heteroatoms. The van der Waals surface area contributed by atoms with E-state index in [-0.39, 0.29) is 5.60 Å². The third kappa shape index (κ3) is 2.92. The number of nitrogens with two attached hydrogens (primary N) is 1. The van der Waals surface area contributed by atoms with Gasteiger partial charge in [0.25, 0.3) is 0 Å². The molecule has 0 spiro atoms. The smallest absolute Gasteiger partial charge is 0.0753 e. The molecule has 0 aromatic carbocycles. The van der Waals surface area contributed by atoms with E-state index >= 15 is 0 Å². The van der Waals surface area contributed by atoms with Crippen molar-refractivity contribution >= 4 is 0 Å². The number of ether oxygens (including phenoxy) is 1. The van der Waals surface area contributed by atoms with Crippen LogP contribution in [0.1, 0.15) is 39.5 Å². The molecule has 1 aliphatic heterocycles. The van der Waals surface area contributed by atoms with Crippen LogP contribution in [0.15, 0.2) is 0 Å². The Labute approximate surface area is 93.0 Å². The Bertz CT molecular complexity index is 210. The predicted molar refractivity (Wildman–Crippen MR) is 61.8 cm³/mol. The number of hydrogen-bond acceptors (Lipinski definition) is 3. The lowest BCUT2D eigenvalue weighted by Crippen LogP contribution is -2.53. The fourth-order valence-electron chi connectivity index (χ4n) is 2.83. The molecule has 0 aromatic heterocycles. The van der Waals surface area contributed by atoms with Crippen LogP contribution in [0.25, 0.3) is 0 Å². The Balaban J connectivity index is 1.88. The van der Waals surface area contributed by atoms with Crippen molar-refractivity contribution in [1.82, 2.24) is 4.90 Å². The Kier molecular flexibility index (Phi) is 3.33. The number of morpholine rings is 1. The van der Waals surface area contributed by atoms with E-state index in [1.54, 1.807) is 0 Å². The Morgan fingerprint density at radius 1 is 1.20 bits per heavy atom. The normalized spacial score (nSPS) is 37.8. The predicted octanol–water partition coefficient (Wildman–Crippen LogP) is 1.37. The van der Waals surface area contributed by atoms with E-state index in [0.717, 1.165) is 25.7 Å². The molecule has 2 N–H and O–H groups in total. The summed E-state index contributed by atoms with van der Waals surface area (Å²) in [5.74, 6) is 0. The van der Waals surface area contributed by atoms with Crippen LogP contribution in [-0.2, 0) is 4.74 Å². The Morgan fingerprint density at radius 2 is 1.87 bits per heavy atom. The summed E-state index contributed by atoms with van der Waals surface area (Å²) in [6, 6.07) is 1.21. The maximum absolute atomic E-state index is 5.94. The van der Waals surface area contributed by atoms with Crippen molar-refractivity contribution in [2.45, 2.75) is 57.2 Å². The third-order valence-corrected chi connectivity index (χ3v) is 3.71. The minimum Gasteiger partial charge on any atom is -0.373 e. The summed E-state index contributed by atoms with van der Waals surface area (Å²) < 4.78 is 5.74. The molecule has 1 heterocycles. The van der Waals surface area contributed by atoms with Gasteiger partial charge in [-0.1, -0.05) is 0 Å². The molecule has 3 nitrogen and oxygen atoms in total. The summed E-state index contributed by atoms with van der Waals surface area (Å²) in [6.07, 6.45) is 4.94. The molecule has 2 aliphatic rings. The van der Waals surface area contributed by atoms with Crippen molar-refractivity contribution in [3.05, 3.63) is 0 Å². The summed E-state index contributed by atoms with van der Waals surface area (Å²) in [5.41, 5.74) is 5.98. The van der Waals surface area contributed by atoms with Gasteiger partial charge >= 0.3 is 0 Å². The van der Waals surface area contributed by atoms with Crippen LogP contribution in [0.2, 0.25) is 0 Å². The second-order valence-corrected chi connectivity index (χ2v) is 5.65. The molecular formula is C12H24N2O. The van der Waals surface area contributed by atoms with E-state index in [1.807, 2.05) is 0 Å². The van der Waals surface area contributed by atoms with Crippen molar-refractivity contribution in [3.8, 4) is 0 Å². The standard InChI is InChI=1S/C12H24N2O/c1-12(2)9-14(7-8-15-12)11-5-3-10(13)4-6-11/h10-11H,3-9,13H2,1-2H3. The lowest BCUT2D eigenvalue weighted by atomic mass is 9.89. The maximum atomic E-state index is 5.94. The summed E-state index contributed by atoms with van der Waals surface area (Å²) in [7, 11) is 0. The molecule has 0 radical (unpaired) electrons. The first kappa shape index (κ1) is 11.4. The second-order valence-electron chi connectivity index (χ2n) is 5.65. The molecule has 0 aromatic rings. The van der Waals surface area contributed by atoms with E-state index in [2.05, 4.69) is 18.7 Å². The van der Waals surface area contributed by atoms with Gasteiger partial charge < -0.3 is 10.5 Å². The molecule has 1 saturated heterocycles. The monoisotopic (exact) mass is 212 g/mol. The van der Waals surface area contributed by atoms with Crippen LogP contribution in [0.4, 0.5) is 0 Å². The fourth-order valence-corrected chi connectivity index (χ4v) is 2.83. The van der Waals surface area contributed by atoms with Gasteiger partial charge in [-0.25, -0.2) is 0 Å². The number of hydrogen-bond donors (Lipinski definition) is 1. The highest BCUT2D eigenvalue weighted by molar-refractivity contribution is 4.87. The van der Waals surface area contributed by atoms with Crippen LogP contribution in [0.5, 0.6) is 0 Å². The van der Waals surface area contributed by atoms with Crippen LogP contribution >= 0.6 is 0 Å². The molecule has 2 rings (SSSR count). The number of rotatable bonds is 1. The largest absolute Gasteiger partial charge is 0.373 e. The van der Waals surface area contributed by atoms with E-state index in [0.29, 0.717) is 6.04 Å². The van der Waals surface area contributed by atoms with Crippen molar-refractivity contribution in [1.29, 1.82) is 0 Å². The highest BCUT2D eigenvalue weighted by atomic mass is 16.5. The van der Waals surface area contributed by atoms with Gasteiger partial charge in [0.2, 0.25) is 0 Å². The molecule has 1 saturated carbocycles. The van der Waals surface area contributed by atoms with Gasteiger partial charge in [0.05, 0.1) is 12.2 Å². The van der Waals surface area contributed by atoms with E-state index in [4.69, 9.17) is 10.5 Å². The van der Waals surface area contributed by atoms with Crippen LogP contribution in [0.3, 0.4) is 0 Å². The molecule has 0 amide bonds. The van der Waals surface area contributed by atoms with Crippen LogP contribution in [0, 0.1) is 0 Å². The minimum absolute atomic E-state index is 0.0395. The number of nitrogens with zero attached hydrogens (tertiary/aromatic N) is 1.